The summed E-state index contributed by atoms with van der Waals surface area (Å²) in [7, 11) is 0. The first-order valence-corrected chi connectivity index (χ1v) is 8.97. The molecular weight excluding hydrogens is 384 g/mol. The van der Waals surface area contributed by atoms with Gasteiger partial charge >= 0.3 is 11.8 Å². The summed E-state index contributed by atoms with van der Waals surface area (Å²) in [6.45, 7) is 9.05. The molecule has 1 N–H and O–H groups in total. The fourth-order valence-corrected chi connectivity index (χ4v) is 3.44. The van der Waals surface area contributed by atoms with E-state index in [1.54, 1.807) is 38.1 Å². The maximum atomic E-state index is 11.9. The Morgan fingerprint density at radius 3 is 2.32 bits per heavy atom. The zero-order valence-electron chi connectivity index (χ0n) is 16.4. The monoisotopic (exact) mass is 406 g/mol. The van der Waals surface area contributed by atoms with E-state index in [9.17, 15) is 20.0 Å². The van der Waals surface area contributed by atoms with Gasteiger partial charge in [-0.2, -0.15) is 0 Å². The molecule has 0 atom stereocenters. The molecule has 150 valence electrons. The Bertz CT molecular complexity index is 906. The second-order valence-electron chi connectivity index (χ2n) is 7.85. The zero-order valence-corrected chi connectivity index (χ0v) is 17.1. The van der Waals surface area contributed by atoms with Crippen molar-refractivity contribution in [3.8, 4) is 11.5 Å². The molecule has 0 aliphatic carbocycles. The van der Waals surface area contributed by atoms with Crippen molar-refractivity contribution in [1.82, 2.24) is 4.90 Å². The smallest absolute Gasteiger partial charge is 0.408 e. The summed E-state index contributed by atoms with van der Waals surface area (Å²) in [5.41, 5.74) is -1.04. The predicted molar refractivity (Wildman–Crippen MR) is 107 cm³/mol. The summed E-state index contributed by atoms with van der Waals surface area (Å²) in [5.74, 6) is 0.355. The summed E-state index contributed by atoms with van der Waals surface area (Å²) >= 11 is 5.94. The molecule has 1 amide bonds. The third kappa shape index (κ3) is 4.54. The summed E-state index contributed by atoms with van der Waals surface area (Å²) in [4.78, 5) is 24.0. The fraction of sp³-hybridized carbons (Fsp3) is 0.350. The van der Waals surface area contributed by atoms with Gasteiger partial charge in [0.2, 0.25) is 5.75 Å². The van der Waals surface area contributed by atoms with Gasteiger partial charge in [-0.05, 0) is 58.4 Å². The number of ether oxygens (including phenoxy) is 1. The number of hydrogen-bond donors (Lipinski definition) is 1. The van der Waals surface area contributed by atoms with E-state index in [1.807, 2.05) is 20.8 Å². The number of rotatable bonds is 5. The van der Waals surface area contributed by atoms with E-state index in [-0.39, 0.29) is 11.4 Å². The minimum absolute atomic E-state index is 0.0124. The van der Waals surface area contributed by atoms with Crippen LogP contribution in [-0.2, 0) is 5.54 Å². The Morgan fingerprint density at radius 1 is 1.14 bits per heavy atom. The largest absolute Gasteiger partial charge is 0.465 e. The molecule has 0 saturated heterocycles. The van der Waals surface area contributed by atoms with E-state index < -0.39 is 22.1 Å². The van der Waals surface area contributed by atoms with Gasteiger partial charge < -0.3 is 9.84 Å². The molecule has 0 aromatic heterocycles. The first-order chi connectivity index (χ1) is 12.8. The van der Waals surface area contributed by atoms with Gasteiger partial charge in [-0.1, -0.05) is 23.7 Å². The van der Waals surface area contributed by atoms with Crippen molar-refractivity contribution in [2.45, 2.75) is 45.7 Å². The lowest BCUT2D eigenvalue weighted by Gasteiger charge is -2.45. The number of hydrogen-bond acceptors (Lipinski definition) is 4. The van der Waals surface area contributed by atoms with Crippen molar-refractivity contribution in [1.29, 1.82) is 0 Å². The van der Waals surface area contributed by atoms with Gasteiger partial charge in [0.05, 0.1) is 10.5 Å². The van der Waals surface area contributed by atoms with Crippen LogP contribution in [0.3, 0.4) is 0 Å². The number of amides is 1. The number of nitro groups is 1. The number of nitrogens with zero attached hydrogens (tertiary/aromatic N) is 2. The number of benzene rings is 2. The van der Waals surface area contributed by atoms with Crippen molar-refractivity contribution < 1.29 is 19.6 Å². The molecule has 2 rings (SSSR count). The summed E-state index contributed by atoms with van der Waals surface area (Å²) in [6.07, 6.45) is -1.05. The second kappa shape index (κ2) is 7.67. The fourth-order valence-electron chi connectivity index (χ4n) is 3.28. The van der Waals surface area contributed by atoms with Gasteiger partial charge in [0.15, 0.2) is 0 Å². The number of halogens is 1. The minimum Gasteiger partial charge on any atom is -0.465 e. The van der Waals surface area contributed by atoms with Crippen molar-refractivity contribution in [2.24, 2.45) is 0 Å². The molecule has 7 nitrogen and oxygen atoms in total. The van der Waals surface area contributed by atoms with Crippen LogP contribution in [0.25, 0.3) is 0 Å². The molecule has 2 aromatic carbocycles. The molecule has 0 radical (unpaired) electrons. The SMILES string of the molecule is CC(C)(C)N(C(=O)O)C(C)(C)c1cccc(Oc2cc(Cl)ccc2[N+](=O)[O-])c1. The highest BCUT2D eigenvalue weighted by Gasteiger charge is 2.40. The summed E-state index contributed by atoms with van der Waals surface area (Å²) in [5, 5.41) is 21.3. The first-order valence-electron chi connectivity index (χ1n) is 8.59. The lowest BCUT2D eigenvalue weighted by Crippen LogP contribution is -2.54. The Kier molecular flexibility index (Phi) is 5.89. The van der Waals surface area contributed by atoms with Gasteiger partial charge in [0.25, 0.3) is 0 Å². The van der Waals surface area contributed by atoms with E-state index in [4.69, 9.17) is 16.3 Å². The molecule has 0 unspecified atom stereocenters. The highest BCUT2D eigenvalue weighted by molar-refractivity contribution is 6.30. The van der Waals surface area contributed by atoms with E-state index >= 15 is 0 Å². The average Bonchev–Trinajstić information content (AvgIpc) is 2.52. The van der Waals surface area contributed by atoms with E-state index in [2.05, 4.69) is 0 Å². The quantitative estimate of drug-likeness (QED) is 0.481. The summed E-state index contributed by atoms with van der Waals surface area (Å²) in [6, 6.07) is 10.9. The molecule has 0 spiro atoms. The van der Waals surface area contributed by atoms with Gasteiger partial charge in [0.1, 0.15) is 5.75 Å². The zero-order chi connectivity index (χ0) is 21.3. The molecule has 0 aliphatic rings. The molecule has 0 saturated carbocycles. The average molecular weight is 407 g/mol. The third-order valence-corrected chi connectivity index (χ3v) is 4.54. The summed E-state index contributed by atoms with van der Waals surface area (Å²) < 4.78 is 5.72. The Balaban J connectivity index is 2.46. The van der Waals surface area contributed by atoms with Crippen LogP contribution in [0.2, 0.25) is 5.02 Å². The normalized spacial score (nSPS) is 11.8. The van der Waals surface area contributed by atoms with Crippen LogP contribution in [0.1, 0.15) is 40.2 Å². The number of carboxylic acid groups (broad SMARTS) is 1. The molecule has 28 heavy (non-hydrogen) atoms. The number of carbonyl (C=O) groups is 1. The molecule has 0 fully saturated rings. The third-order valence-electron chi connectivity index (χ3n) is 4.31. The lowest BCUT2D eigenvalue weighted by atomic mass is 9.88. The van der Waals surface area contributed by atoms with Gasteiger partial charge in [0, 0.05) is 22.7 Å². The van der Waals surface area contributed by atoms with E-state index in [0.717, 1.165) is 0 Å². The van der Waals surface area contributed by atoms with Gasteiger partial charge in [-0.15, -0.1) is 0 Å². The van der Waals surface area contributed by atoms with Crippen LogP contribution in [0.15, 0.2) is 42.5 Å². The van der Waals surface area contributed by atoms with Crippen molar-refractivity contribution in [3.63, 3.8) is 0 Å². The van der Waals surface area contributed by atoms with Crippen molar-refractivity contribution >= 4 is 23.4 Å². The predicted octanol–water partition coefficient (Wildman–Crippen LogP) is 6.05. The van der Waals surface area contributed by atoms with Crippen LogP contribution in [0.5, 0.6) is 11.5 Å². The highest BCUT2D eigenvalue weighted by Crippen LogP contribution is 2.38. The first kappa shape index (κ1) is 21.5. The van der Waals surface area contributed by atoms with Crippen LogP contribution in [0.4, 0.5) is 10.5 Å². The highest BCUT2D eigenvalue weighted by atomic mass is 35.5. The standard InChI is InChI=1S/C20H23ClN2O5/c1-19(2,3)22(18(24)25)20(4,5)13-7-6-8-15(11-13)28-17-12-14(21)9-10-16(17)23(26)27/h6-12H,1-5H3,(H,24,25). The van der Waals surface area contributed by atoms with Crippen LogP contribution in [-0.4, -0.2) is 26.6 Å². The molecular formula is C20H23ClN2O5. The van der Waals surface area contributed by atoms with Crippen LogP contribution in [0, 0.1) is 10.1 Å². The van der Waals surface area contributed by atoms with E-state index in [1.165, 1.54) is 23.1 Å². The van der Waals surface area contributed by atoms with E-state index in [0.29, 0.717) is 16.3 Å². The molecule has 0 aliphatic heterocycles. The topological polar surface area (TPSA) is 92.9 Å². The lowest BCUT2D eigenvalue weighted by molar-refractivity contribution is -0.385. The van der Waals surface area contributed by atoms with Crippen molar-refractivity contribution in [3.05, 3.63) is 63.2 Å². The Morgan fingerprint density at radius 2 is 1.79 bits per heavy atom. The van der Waals surface area contributed by atoms with Gasteiger partial charge in [-0.25, -0.2) is 4.79 Å². The maximum Gasteiger partial charge on any atom is 0.408 e. The van der Waals surface area contributed by atoms with Crippen molar-refractivity contribution in [2.75, 3.05) is 0 Å². The Labute approximate surface area is 168 Å². The maximum absolute atomic E-state index is 11.9. The van der Waals surface area contributed by atoms with Gasteiger partial charge in [-0.3, -0.25) is 15.0 Å². The minimum atomic E-state index is -1.05. The molecule has 2 aromatic rings. The number of nitro benzene ring substituents is 1. The van der Waals surface area contributed by atoms with Crippen LogP contribution < -0.4 is 4.74 Å². The van der Waals surface area contributed by atoms with Crippen LogP contribution >= 0.6 is 11.6 Å². The Hall–Kier alpha value is -2.80. The molecule has 0 bridgehead atoms. The molecule has 0 heterocycles. The molecule has 8 heteroatoms. The second-order valence-corrected chi connectivity index (χ2v) is 8.28.